The number of rotatable bonds is 6. The predicted molar refractivity (Wildman–Crippen MR) is 83.0 cm³/mol. The van der Waals surface area contributed by atoms with Gasteiger partial charge in [0.25, 0.3) is 0 Å². The van der Waals surface area contributed by atoms with Crippen molar-refractivity contribution in [3.05, 3.63) is 34.5 Å². The Balaban J connectivity index is 2.22. The summed E-state index contributed by atoms with van der Waals surface area (Å²) in [5.74, 6) is 1.54. The molecular formula is C14H17NO2S2. The van der Waals surface area contributed by atoms with Crippen LogP contribution >= 0.6 is 23.1 Å². The molecule has 102 valence electrons. The zero-order valence-electron chi connectivity index (χ0n) is 11.2. The highest BCUT2D eigenvalue weighted by Crippen LogP contribution is 2.34. The fraction of sp³-hybridized carbons (Fsp3) is 0.286. The van der Waals surface area contributed by atoms with Gasteiger partial charge >= 0.3 is 0 Å². The van der Waals surface area contributed by atoms with Gasteiger partial charge in [-0.3, -0.25) is 0 Å². The highest BCUT2D eigenvalue weighted by molar-refractivity contribution is 7.98. The van der Waals surface area contributed by atoms with Crippen molar-refractivity contribution in [2.24, 2.45) is 0 Å². The third-order valence-corrected chi connectivity index (χ3v) is 4.29. The maximum atomic E-state index is 5.35. The second-order valence-electron chi connectivity index (χ2n) is 3.88. The molecule has 0 radical (unpaired) electrons. The van der Waals surface area contributed by atoms with Gasteiger partial charge in [-0.2, -0.15) is 11.3 Å². The van der Waals surface area contributed by atoms with Crippen LogP contribution in [0.15, 0.2) is 33.9 Å². The zero-order valence-corrected chi connectivity index (χ0v) is 12.9. The van der Waals surface area contributed by atoms with Crippen molar-refractivity contribution in [2.75, 3.05) is 25.8 Å². The average molecular weight is 295 g/mol. The fourth-order valence-electron chi connectivity index (χ4n) is 1.79. The number of methoxy groups -OCH3 is 2. The van der Waals surface area contributed by atoms with Crippen molar-refractivity contribution in [1.29, 1.82) is 0 Å². The monoisotopic (exact) mass is 295 g/mol. The standard InChI is InChI=1S/C14H17NO2S2/c1-16-12-6-10(8-15-11-4-5-19-9-11)14(18-3)7-13(12)17-2/h4-7,9,15H,8H2,1-3H3. The minimum absolute atomic E-state index is 0.766. The Kier molecular flexibility index (Phi) is 4.99. The number of hydrogen-bond donors (Lipinski definition) is 1. The summed E-state index contributed by atoms with van der Waals surface area (Å²) in [6.45, 7) is 0.771. The summed E-state index contributed by atoms with van der Waals surface area (Å²) in [6, 6.07) is 6.13. The van der Waals surface area contributed by atoms with Crippen LogP contribution in [0.3, 0.4) is 0 Å². The van der Waals surface area contributed by atoms with Gasteiger partial charge in [-0.15, -0.1) is 11.8 Å². The molecule has 0 spiro atoms. The lowest BCUT2D eigenvalue weighted by Gasteiger charge is -2.14. The van der Waals surface area contributed by atoms with Crippen LogP contribution in [-0.4, -0.2) is 20.5 Å². The van der Waals surface area contributed by atoms with E-state index in [1.807, 2.05) is 12.1 Å². The number of anilines is 1. The van der Waals surface area contributed by atoms with Gasteiger partial charge in [0.2, 0.25) is 0 Å². The van der Waals surface area contributed by atoms with E-state index in [0.717, 1.165) is 23.7 Å². The number of thiophene rings is 1. The Bertz CT molecular complexity index is 526. The first kappa shape index (κ1) is 14.1. The first-order chi connectivity index (χ1) is 9.28. The molecule has 0 amide bonds. The topological polar surface area (TPSA) is 30.5 Å². The largest absolute Gasteiger partial charge is 0.493 e. The van der Waals surface area contributed by atoms with Crippen LogP contribution in [0.2, 0.25) is 0 Å². The van der Waals surface area contributed by atoms with Crippen molar-refractivity contribution in [3.63, 3.8) is 0 Å². The molecule has 0 saturated heterocycles. The van der Waals surface area contributed by atoms with E-state index in [-0.39, 0.29) is 0 Å². The number of benzene rings is 1. The first-order valence-electron chi connectivity index (χ1n) is 5.83. The van der Waals surface area contributed by atoms with Crippen LogP contribution in [0.5, 0.6) is 11.5 Å². The minimum atomic E-state index is 0.766. The lowest BCUT2D eigenvalue weighted by molar-refractivity contribution is 0.353. The van der Waals surface area contributed by atoms with Gasteiger partial charge in [-0.25, -0.2) is 0 Å². The van der Waals surface area contributed by atoms with Crippen LogP contribution < -0.4 is 14.8 Å². The third kappa shape index (κ3) is 3.36. The van der Waals surface area contributed by atoms with Gasteiger partial charge in [0.05, 0.1) is 14.2 Å². The lowest BCUT2D eigenvalue weighted by Crippen LogP contribution is -2.01. The predicted octanol–water partition coefficient (Wildman–Crippen LogP) is 4.10. The number of thioether (sulfide) groups is 1. The van der Waals surface area contributed by atoms with Gasteiger partial charge in [-0.05, 0) is 35.4 Å². The smallest absolute Gasteiger partial charge is 0.161 e. The molecule has 1 heterocycles. The average Bonchev–Trinajstić information content (AvgIpc) is 2.97. The van der Waals surface area contributed by atoms with Crippen LogP contribution in [0.25, 0.3) is 0 Å². The fourth-order valence-corrected chi connectivity index (χ4v) is 3.02. The second-order valence-corrected chi connectivity index (χ2v) is 5.51. The molecule has 0 aliphatic carbocycles. The zero-order chi connectivity index (χ0) is 13.7. The van der Waals surface area contributed by atoms with Crippen molar-refractivity contribution in [1.82, 2.24) is 0 Å². The number of nitrogens with one attached hydrogen (secondary N) is 1. The number of hydrogen-bond acceptors (Lipinski definition) is 5. The normalized spacial score (nSPS) is 10.3. The molecule has 0 atom stereocenters. The second kappa shape index (κ2) is 6.73. The Morgan fingerprint density at radius 1 is 1.21 bits per heavy atom. The van der Waals surface area contributed by atoms with E-state index in [1.165, 1.54) is 10.5 Å². The van der Waals surface area contributed by atoms with Crippen LogP contribution in [-0.2, 0) is 6.54 Å². The summed E-state index contributed by atoms with van der Waals surface area (Å²) in [5.41, 5.74) is 2.35. The van der Waals surface area contributed by atoms with Crippen molar-refractivity contribution in [2.45, 2.75) is 11.4 Å². The van der Waals surface area contributed by atoms with Crippen LogP contribution in [0, 0.1) is 0 Å². The van der Waals surface area contributed by atoms with E-state index in [2.05, 4.69) is 28.4 Å². The maximum absolute atomic E-state index is 5.35. The van der Waals surface area contributed by atoms with Crippen molar-refractivity contribution < 1.29 is 9.47 Å². The third-order valence-electron chi connectivity index (χ3n) is 2.79. The molecule has 0 saturated carbocycles. The maximum Gasteiger partial charge on any atom is 0.161 e. The Morgan fingerprint density at radius 2 is 1.95 bits per heavy atom. The highest BCUT2D eigenvalue weighted by Gasteiger charge is 2.10. The SMILES string of the molecule is COc1cc(CNc2ccsc2)c(SC)cc1OC. The molecule has 1 N–H and O–H groups in total. The minimum Gasteiger partial charge on any atom is -0.493 e. The Morgan fingerprint density at radius 3 is 2.53 bits per heavy atom. The summed E-state index contributed by atoms with van der Waals surface area (Å²) >= 11 is 3.39. The quantitative estimate of drug-likeness (QED) is 0.813. The molecule has 0 aliphatic rings. The molecule has 2 aromatic rings. The number of ether oxygens (including phenoxy) is 2. The first-order valence-corrected chi connectivity index (χ1v) is 8.00. The Hall–Kier alpha value is -1.33. The summed E-state index contributed by atoms with van der Waals surface area (Å²) in [6.07, 6.45) is 2.06. The Labute approximate surface area is 121 Å². The molecule has 0 unspecified atom stereocenters. The summed E-state index contributed by atoms with van der Waals surface area (Å²) in [7, 11) is 3.32. The van der Waals surface area contributed by atoms with E-state index >= 15 is 0 Å². The van der Waals surface area contributed by atoms with Gasteiger partial charge in [0.1, 0.15) is 0 Å². The van der Waals surface area contributed by atoms with E-state index in [0.29, 0.717) is 0 Å². The van der Waals surface area contributed by atoms with E-state index in [9.17, 15) is 0 Å². The molecule has 0 fully saturated rings. The highest BCUT2D eigenvalue weighted by atomic mass is 32.2. The molecule has 2 rings (SSSR count). The molecule has 19 heavy (non-hydrogen) atoms. The van der Waals surface area contributed by atoms with E-state index < -0.39 is 0 Å². The lowest BCUT2D eigenvalue weighted by atomic mass is 10.2. The van der Waals surface area contributed by atoms with Gasteiger partial charge in [0.15, 0.2) is 11.5 Å². The summed E-state index contributed by atoms with van der Waals surface area (Å²) in [5, 5.41) is 7.56. The molecule has 5 heteroatoms. The van der Waals surface area contributed by atoms with Crippen molar-refractivity contribution in [3.8, 4) is 11.5 Å². The van der Waals surface area contributed by atoms with Crippen LogP contribution in [0.4, 0.5) is 5.69 Å². The van der Waals surface area contributed by atoms with Crippen molar-refractivity contribution >= 4 is 28.8 Å². The molecule has 0 bridgehead atoms. The summed E-state index contributed by atoms with van der Waals surface area (Å²) < 4.78 is 10.7. The van der Waals surface area contributed by atoms with Crippen LogP contribution in [0.1, 0.15) is 5.56 Å². The van der Waals surface area contributed by atoms with E-state index in [4.69, 9.17) is 9.47 Å². The molecule has 1 aromatic heterocycles. The van der Waals surface area contributed by atoms with Gasteiger partial charge in [-0.1, -0.05) is 0 Å². The molecular weight excluding hydrogens is 278 g/mol. The molecule has 0 aliphatic heterocycles. The molecule has 1 aromatic carbocycles. The van der Waals surface area contributed by atoms with Gasteiger partial charge < -0.3 is 14.8 Å². The van der Waals surface area contributed by atoms with E-state index in [1.54, 1.807) is 37.3 Å². The van der Waals surface area contributed by atoms with Gasteiger partial charge in [0, 0.05) is 22.5 Å². The molecule has 3 nitrogen and oxygen atoms in total. The summed E-state index contributed by atoms with van der Waals surface area (Å²) in [4.78, 5) is 1.19.